The number of sulfonamides is 1. The molecule has 1 N–H and O–H groups in total. The van der Waals surface area contributed by atoms with Crippen LogP contribution in [0.4, 0.5) is 0 Å². The molecule has 1 saturated heterocycles. The Balaban J connectivity index is 2.19. The van der Waals surface area contributed by atoms with Crippen molar-refractivity contribution in [3.63, 3.8) is 0 Å². The van der Waals surface area contributed by atoms with E-state index < -0.39 is 10.0 Å². The molecule has 1 unspecified atom stereocenters. The summed E-state index contributed by atoms with van der Waals surface area (Å²) in [6.45, 7) is 4.23. The van der Waals surface area contributed by atoms with E-state index >= 15 is 0 Å². The summed E-state index contributed by atoms with van der Waals surface area (Å²) in [5.74, 6) is 0. The maximum Gasteiger partial charge on any atom is 0.244 e. The minimum absolute atomic E-state index is 0.0130. The van der Waals surface area contributed by atoms with E-state index in [1.54, 1.807) is 16.6 Å². The van der Waals surface area contributed by atoms with E-state index in [0.29, 0.717) is 31.1 Å². The molecule has 0 radical (unpaired) electrons. The number of piperidine rings is 1. The van der Waals surface area contributed by atoms with Gasteiger partial charge in [-0.3, -0.25) is 0 Å². The predicted octanol–water partition coefficient (Wildman–Crippen LogP) is 0.934. The Labute approximate surface area is 127 Å². The highest BCUT2D eigenvalue weighted by Gasteiger charge is 2.31. The van der Waals surface area contributed by atoms with E-state index in [4.69, 9.17) is 4.74 Å². The van der Waals surface area contributed by atoms with Crippen LogP contribution >= 0.6 is 0 Å². The zero-order valence-electron chi connectivity index (χ0n) is 13.0. The van der Waals surface area contributed by atoms with Crippen LogP contribution < -0.4 is 5.32 Å². The summed E-state index contributed by atoms with van der Waals surface area (Å²) in [5, 5.41) is 3.04. The fourth-order valence-corrected chi connectivity index (χ4v) is 4.33. The van der Waals surface area contributed by atoms with Gasteiger partial charge in [0.1, 0.15) is 4.90 Å². The number of nitrogens with zero attached hydrogens (tertiary/aromatic N) is 2. The van der Waals surface area contributed by atoms with Crippen molar-refractivity contribution in [1.82, 2.24) is 14.2 Å². The number of ether oxygens (including phenoxy) is 1. The molecule has 1 aliphatic heterocycles. The first-order valence-electron chi connectivity index (χ1n) is 7.40. The maximum absolute atomic E-state index is 12.7. The first-order valence-corrected chi connectivity index (χ1v) is 8.84. The van der Waals surface area contributed by atoms with Crippen molar-refractivity contribution >= 4 is 10.0 Å². The number of rotatable bonds is 6. The highest BCUT2D eigenvalue weighted by atomic mass is 32.2. The van der Waals surface area contributed by atoms with Gasteiger partial charge in [-0.05, 0) is 32.9 Å². The monoisotopic (exact) mass is 315 g/mol. The van der Waals surface area contributed by atoms with Crippen LogP contribution in [0.2, 0.25) is 0 Å². The summed E-state index contributed by atoms with van der Waals surface area (Å²) in [6.07, 6.45) is 3.48. The van der Waals surface area contributed by atoms with Gasteiger partial charge in [0.05, 0.1) is 6.10 Å². The molecule has 1 aliphatic rings. The molecule has 1 atom stereocenters. The van der Waals surface area contributed by atoms with Crippen molar-refractivity contribution in [3.05, 3.63) is 18.0 Å². The van der Waals surface area contributed by atoms with Crippen molar-refractivity contribution in [2.24, 2.45) is 7.05 Å². The number of hydrogen-bond donors (Lipinski definition) is 1. The standard InChI is InChI=1S/C14H25N3O3S/c1-4-20-13-6-5-7-17(10-13)21(18,19)14-8-12(9-15-2)16(3)11-14/h8,11,13,15H,4-7,9-10H2,1-3H3. The van der Waals surface area contributed by atoms with Gasteiger partial charge in [0.15, 0.2) is 0 Å². The Hall–Kier alpha value is -0.890. The summed E-state index contributed by atoms with van der Waals surface area (Å²) in [5.41, 5.74) is 0.953. The molecule has 0 amide bonds. The van der Waals surface area contributed by atoms with Crippen LogP contribution in [0.1, 0.15) is 25.5 Å². The summed E-state index contributed by atoms with van der Waals surface area (Å²) in [6, 6.07) is 1.75. The van der Waals surface area contributed by atoms with Gasteiger partial charge in [0.2, 0.25) is 10.0 Å². The van der Waals surface area contributed by atoms with Crippen LogP contribution in [0.5, 0.6) is 0 Å². The highest BCUT2D eigenvalue weighted by Crippen LogP contribution is 2.23. The second kappa shape index (κ2) is 6.91. The molecule has 120 valence electrons. The highest BCUT2D eigenvalue weighted by molar-refractivity contribution is 7.89. The Morgan fingerprint density at radius 1 is 1.48 bits per heavy atom. The molecular formula is C14H25N3O3S. The number of aromatic nitrogens is 1. The second-order valence-electron chi connectivity index (χ2n) is 5.39. The van der Waals surface area contributed by atoms with E-state index in [0.717, 1.165) is 18.5 Å². The normalized spacial score (nSPS) is 20.8. The molecule has 7 heteroatoms. The first-order chi connectivity index (χ1) is 9.98. The molecule has 0 saturated carbocycles. The minimum Gasteiger partial charge on any atom is -0.377 e. The van der Waals surface area contributed by atoms with E-state index in [-0.39, 0.29) is 6.10 Å². The molecule has 1 aromatic heterocycles. The average Bonchev–Trinajstić information content (AvgIpc) is 2.82. The Morgan fingerprint density at radius 2 is 2.24 bits per heavy atom. The lowest BCUT2D eigenvalue weighted by Crippen LogP contribution is -2.43. The smallest absolute Gasteiger partial charge is 0.244 e. The van der Waals surface area contributed by atoms with Gasteiger partial charge >= 0.3 is 0 Å². The molecule has 0 aliphatic carbocycles. The van der Waals surface area contributed by atoms with E-state index in [1.807, 2.05) is 25.6 Å². The third-order valence-electron chi connectivity index (χ3n) is 3.82. The van der Waals surface area contributed by atoms with Gasteiger partial charge in [-0.2, -0.15) is 4.31 Å². The van der Waals surface area contributed by atoms with Crippen LogP contribution in [0.3, 0.4) is 0 Å². The van der Waals surface area contributed by atoms with Crippen LogP contribution in [-0.2, 0) is 28.4 Å². The van der Waals surface area contributed by atoms with Crippen LogP contribution in [-0.4, -0.2) is 50.1 Å². The third-order valence-corrected chi connectivity index (χ3v) is 5.65. The number of hydrogen-bond acceptors (Lipinski definition) is 4. The third kappa shape index (κ3) is 3.66. The largest absolute Gasteiger partial charge is 0.377 e. The van der Waals surface area contributed by atoms with Crippen molar-refractivity contribution < 1.29 is 13.2 Å². The molecule has 1 fully saturated rings. The molecule has 21 heavy (non-hydrogen) atoms. The Kier molecular flexibility index (Phi) is 5.43. The quantitative estimate of drug-likeness (QED) is 0.848. The van der Waals surface area contributed by atoms with Crippen LogP contribution in [0.25, 0.3) is 0 Å². The molecule has 0 aromatic carbocycles. The van der Waals surface area contributed by atoms with Gasteiger partial charge in [0.25, 0.3) is 0 Å². The summed E-state index contributed by atoms with van der Waals surface area (Å²) < 4.78 is 34.5. The predicted molar refractivity (Wildman–Crippen MR) is 81.6 cm³/mol. The second-order valence-corrected chi connectivity index (χ2v) is 7.33. The fraction of sp³-hybridized carbons (Fsp3) is 0.714. The SMILES string of the molecule is CCOC1CCCN(S(=O)(=O)c2cc(CNC)n(C)c2)C1. The van der Waals surface area contributed by atoms with Crippen LogP contribution in [0.15, 0.2) is 17.2 Å². The van der Waals surface area contributed by atoms with E-state index in [2.05, 4.69) is 5.32 Å². The molecule has 2 rings (SSSR count). The van der Waals surface area contributed by atoms with E-state index in [9.17, 15) is 8.42 Å². The maximum atomic E-state index is 12.7. The van der Waals surface area contributed by atoms with Crippen molar-refractivity contribution in [2.45, 2.75) is 37.3 Å². The average molecular weight is 315 g/mol. The lowest BCUT2D eigenvalue weighted by Gasteiger charge is -2.31. The molecule has 0 bridgehead atoms. The molecule has 2 heterocycles. The van der Waals surface area contributed by atoms with Crippen molar-refractivity contribution in [3.8, 4) is 0 Å². The lowest BCUT2D eigenvalue weighted by atomic mass is 10.1. The number of aryl methyl sites for hydroxylation is 1. The first kappa shape index (κ1) is 16.5. The van der Waals surface area contributed by atoms with Crippen molar-refractivity contribution in [1.29, 1.82) is 0 Å². The van der Waals surface area contributed by atoms with Gasteiger partial charge in [-0.15, -0.1) is 0 Å². The molecular weight excluding hydrogens is 290 g/mol. The summed E-state index contributed by atoms with van der Waals surface area (Å²) in [4.78, 5) is 0.368. The number of nitrogens with one attached hydrogen (secondary N) is 1. The van der Waals surface area contributed by atoms with E-state index in [1.165, 1.54) is 0 Å². The molecule has 6 nitrogen and oxygen atoms in total. The van der Waals surface area contributed by atoms with Gasteiger partial charge in [0, 0.05) is 45.2 Å². The topological polar surface area (TPSA) is 63.6 Å². The van der Waals surface area contributed by atoms with Gasteiger partial charge in [-0.25, -0.2) is 8.42 Å². The molecule has 0 spiro atoms. The zero-order chi connectivity index (χ0) is 15.5. The summed E-state index contributed by atoms with van der Waals surface area (Å²) in [7, 11) is 0.283. The Morgan fingerprint density at radius 3 is 2.90 bits per heavy atom. The molecule has 1 aromatic rings. The van der Waals surface area contributed by atoms with Gasteiger partial charge in [-0.1, -0.05) is 0 Å². The summed E-state index contributed by atoms with van der Waals surface area (Å²) >= 11 is 0. The van der Waals surface area contributed by atoms with Crippen molar-refractivity contribution in [2.75, 3.05) is 26.7 Å². The minimum atomic E-state index is -3.43. The van der Waals surface area contributed by atoms with Gasteiger partial charge < -0.3 is 14.6 Å². The van der Waals surface area contributed by atoms with Crippen LogP contribution in [0, 0.1) is 0 Å². The zero-order valence-corrected chi connectivity index (χ0v) is 13.8. The Bertz CT molecular complexity index is 566. The lowest BCUT2D eigenvalue weighted by molar-refractivity contribution is 0.0265. The fourth-order valence-electron chi connectivity index (χ4n) is 2.72.